The molecule has 114 valence electrons. The first-order valence-electron chi connectivity index (χ1n) is 6.93. The summed E-state index contributed by atoms with van der Waals surface area (Å²) in [5.41, 5.74) is 0. The molecule has 0 bridgehead atoms. The highest BCUT2D eigenvalue weighted by molar-refractivity contribution is 7.89. The molecule has 0 spiro atoms. The maximum absolute atomic E-state index is 12.0. The number of imidazole rings is 1. The first kappa shape index (κ1) is 15.4. The van der Waals surface area contributed by atoms with E-state index >= 15 is 0 Å². The Labute approximate surface area is 120 Å². The number of rotatable bonds is 7. The fourth-order valence-corrected chi connectivity index (χ4v) is 3.08. The van der Waals surface area contributed by atoms with Crippen molar-refractivity contribution in [3.8, 4) is 0 Å². The van der Waals surface area contributed by atoms with E-state index in [1.165, 1.54) is 6.33 Å². The van der Waals surface area contributed by atoms with Crippen LogP contribution in [0, 0.1) is 0 Å². The summed E-state index contributed by atoms with van der Waals surface area (Å²) < 4.78 is 33.6. The van der Waals surface area contributed by atoms with Crippen LogP contribution in [0.4, 0.5) is 0 Å². The standard InChI is InChI=1S/C12H22N4O3S/c1-2-15-10-12(13-11-15)20(17,18)14-4-3-5-16-6-8-19-9-7-16/h10-11,14H,2-9H2,1H3. The number of aryl methyl sites for hydroxylation is 1. The summed E-state index contributed by atoms with van der Waals surface area (Å²) in [7, 11) is -3.48. The van der Waals surface area contributed by atoms with Gasteiger partial charge < -0.3 is 9.30 Å². The van der Waals surface area contributed by atoms with Crippen molar-refractivity contribution in [1.82, 2.24) is 19.2 Å². The highest BCUT2D eigenvalue weighted by Crippen LogP contribution is 2.05. The Hall–Kier alpha value is -0.960. The van der Waals surface area contributed by atoms with E-state index in [0.29, 0.717) is 13.1 Å². The topological polar surface area (TPSA) is 76.5 Å². The van der Waals surface area contributed by atoms with Gasteiger partial charge in [-0.15, -0.1) is 0 Å². The van der Waals surface area contributed by atoms with Crippen LogP contribution in [-0.2, 0) is 21.3 Å². The lowest BCUT2D eigenvalue weighted by molar-refractivity contribution is 0.0376. The van der Waals surface area contributed by atoms with Gasteiger partial charge in [0.05, 0.1) is 19.5 Å². The van der Waals surface area contributed by atoms with E-state index in [-0.39, 0.29) is 5.03 Å². The fourth-order valence-electron chi connectivity index (χ4n) is 2.06. The minimum atomic E-state index is -3.48. The number of hydrogen-bond donors (Lipinski definition) is 1. The number of morpholine rings is 1. The number of ether oxygens (including phenoxy) is 1. The average molecular weight is 302 g/mol. The minimum absolute atomic E-state index is 0.0886. The lowest BCUT2D eigenvalue weighted by atomic mass is 10.3. The molecule has 1 fully saturated rings. The van der Waals surface area contributed by atoms with Crippen molar-refractivity contribution < 1.29 is 13.2 Å². The van der Waals surface area contributed by atoms with Crippen molar-refractivity contribution in [2.24, 2.45) is 0 Å². The Morgan fingerprint density at radius 2 is 2.15 bits per heavy atom. The third-order valence-electron chi connectivity index (χ3n) is 3.30. The summed E-state index contributed by atoms with van der Waals surface area (Å²) in [4.78, 5) is 6.19. The van der Waals surface area contributed by atoms with Gasteiger partial charge in [-0.25, -0.2) is 18.1 Å². The van der Waals surface area contributed by atoms with Gasteiger partial charge >= 0.3 is 0 Å². The molecule has 2 heterocycles. The summed E-state index contributed by atoms with van der Waals surface area (Å²) in [5.74, 6) is 0. The van der Waals surface area contributed by atoms with Crippen molar-refractivity contribution in [2.75, 3.05) is 39.4 Å². The molecule has 2 rings (SSSR count). The third kappa shape index (κ3) is 4.27. The molecule has 8 heteroatoms. The SMILES string of the molecule is CCn1cnc(S(=O)(=O)NCCCN2CCOCC2)c1. The number of aromatic nitrogens is 2. The largest absolute Gasteiger partial charge is 0.379 e. The van der Waals surface area contributed by atoms with Crippen molar-refractivity contribution in [3.05, 3.63) is 12.5 Å². The van der Waals surface area contributed by atoms with Crippen LogP contribution in [0.1, 0.15) is 13.3 Å². The molecule has 0 atom stereocenters. The Kier molecular flexibility index (Phi) is 5.53. The second-order valence-electron chi connectivity index (χ2n) is 4.75. The van der Waals surface area contributed by atoms with E-state index in [1.54, 1.807) is 10.8 Å². The van der Waals surface area contributed by atoms with Gasteiger partial charge in [0.25, 0.3) is 10.0 Å². The van der Waals surface area contributed by atoms with Crippen LogP contribution in [0.2, 0.25) is 0 Å². The second kappa shape index (κ2) is 7.16. The molecule has 1 saturated heterocycles. The van der Waals surface area contributed by atoms with Crippen LogP contribution >= 0.6 is 0 Å². The van der Waals surface area contributed by atoms with Gasteiger partial charge in [-0.05, 0) is 19.9 Å². The van der Waals surface area contributed by atoms with Crippen LogP contribution in [0.5, 0.6) is 0 Å². The maximum Gasteiger partial charge on any atom is 0.259 e. The lowest BCUT2D eigenvalue weighted by Crippen LogP contribution is -2.38. The van der Waals surface area contributed by atoms with Crippen LogP contribution < -0.4 is 4.72 Å². The van der Waals surface area contributed by atoms with Crippen molar-refractivity contribution in [2.45, 2.75) is 24.9 Å². The van der Waals surface area contributed by atoms with E-state index in [9.17, 15) is 8.42 Å². The van der Waals surface area contributed by atoms with Gasteiger partial charge in [-0.1, -0.05) is 0 Å². The first-order valence-corrected chi connectivity index (χ1v) is 8.41. The van der Waals surface area contributed by atoms with Crippen LogP contribution in [0.3, 0.4) is 0 Å². The van der Waals surface area contributed by atoms with E-state index in [4.69, 9.17) is 4.74 Å². The number of nitrogens with zero attached hydrogens (tertiary/aromatic N) is 3. The summed E-state index contributed by atoms with van der Waals surface area (Å²) in [6.07, 6.45) is 3.86. The molecule has 1 aromatic rings. The van der Waals surface area contributed by atoms with E-state index < -0.39 is 10.0 Å². The summed E-state index contributed by atoms with van der Waals surface area (Å²) >= 11 is 0. The summed E-state index contributed by atoms with van der Waals surface area (Å²) in [6.45, 7) is 7.34. The van der Waals surface area contributed by atoms with Gasteiger partial charge in [0, 0.05) is 32.4 Å². The predicted octanol–water partition coefficient (Wildman–Crippen LogP) is -0.0964. The van der Waals surface area contributed by atoms with Gasteiger partial charge in [0.2, 0.25) is 0 Å². The summed E-state index contributed by atoms with van der Waals surface area (Å²) in [6, 6.07) is 0. The smallest absolute Gasteiger partial charge is 0.259 e. The van der Waals surface area contributed by atoms with Gasteiger partial charge in [0.1, 0.15) is 0 Å². The van der Waals surface area contributed by atoms with Gasteiger partial charge in [0.15, 0.2) is 5.03 Å². The molecule has 20 heavy (non-hydrogen) atoms. The lowest BCUT2D eigenvalue weighted by Gasteiger charge is -2.26. The van der Waals surface area contributed by atoms with Crippen LogP contribution in [-0.4, -0.2) is 62.3 Å². The zero-order chi connectivity index (χ0) is 14.4. The molecular formula is C12H22N4O3S. The highest BCUT2D eigenvalue weighted by atomic mass is 32.2. The number of nitrogens with one attached hydrogen (secondary N) is 1. The molecule has 0 saturated carbocycles. The molecule has 1 aromatic heterocycles. The molecule has 0 aliphatic carbocycles. The molecule has 0 amide bonds. The molecule has 7 nitrogen and oxygen atoms in total. The van der Waals surface area contributed by atoms with E-state index in [2.05, 4.69) is 14.6 Å². The molecule has 1 aliphatic rings. The predicted molar refractivity (Wildman–Crippen MR) is 75.0 cm³/mol. The maximum atomic E-state index is 12.0. The zero-order valence-electron chi connectivity index (χ0n) is 11.8. The van der Waals surface area contributed by atoms with Gasteiger partial charge in [-0.2, -0.15) is 0 Å². The second-order valence-corrected chi connectivity index (χ2v) is 6.46. The average Bonchev–Trinajstić information content (AvgIpc) is 2.95. The molecule has 0 radical (unpaired) electrons. The first-order chi connectivity index (χ1) is 9.62. The Morgan fingerprint density at radius 3 is 2.80 bits per heavy atom. The van der Waals surface area contributed by atoms with Gasteiger partial charge in [-0.3, -0.25) is 4.90 Å². The normalized spacial score (nSPS) is 17.4. The zero-order valence-corrected chi connectivity index (χ0v) is 12.6. The fraction of sp³-hybridized carbons (Fsp3) is 0.750. The van der Waals surface area contributed by atoms with Crippen LogP contribution in [0.15, 0.2) is 17.6 Å². The van der Waals surface area contributed by atoms with Crippen molar-refractivity contribution in [1.29, 1.82) is 0 Å². The molecule has 0 unspecified atom stereocenters. The Balaban J connectivity index is 1.74. The molecular weight excluding hydrogens is 280 g/mol. The highest BCUT2D eigenvalue weighted by Gasteiger charge is 2.17. The Morgan fingerprint density at radius 1 is 1.40 bits per heavy atom. The monoisotopic (exact) mass is 302 g/mol. The number of hydrogen-bond acceptors (Lipinski definition) is 5. The van der Waals surface area contributed by atoms with E-state index in [0.717, 1.165) is 39.3 Å². The van der Waals surface area contributed by atoms with E-state index in [1.807, 2.05) is 6.92 Å². The Bertz CT molecular complexity index is 509. The molecule has 1 aliphatic heterocycles. The minimum Gasteiger partial charge on any atom is -0.379 e. The van der Waals surface area contributed by atoms with Crippen molar-refractivity contribution in [3.63, 3.8) is 0 Å². The molecule has 0 aromatic carbocycles. The molecule has 1 N–H and O–H groups in total. The third-order valence-corrected chi connectivity index (χ3v) is 4.64. The quantitative estimate of drug-likeness (QED) is 0.712. The van der Waals surface area contributed by atoms with Crippen molar-refractivity contribution >= 4 is 10.0 Å². The van der Waals surface area contributed by atoms with Crippen LogP contribution in [0.25, 0.3) is 0 Å². The summed E-state index contributed by atoms with van der Waals surface area (Å²) in [5, 5.41) is 0.0886. The number of sulfonamides is 1.